The Hall–Kier alpha value is -3.39. The maximum Gasteiger partial charge on any atom is 0.313 e. The third-order valence-corrected chi connectivity index (χ3v) is 8.09. The Labute approximate surface area is 221 Å². The second kappa shape index (κ2) is 11.8. The zero-order valence-electron chi connectivity index (χ0n) is 21.9. The van der Waals surface area contributed by atoms with Crippen LogP contribution in [0.25, 0.3) is 0 Å². The van der Waals surface area contributed by atoms with Crippen molar-refractivity contribution in [2.45, 2.75) is 50.5 Å². The summed E-state index contributed by atoms with van der Waals surface area (Å²) in [5.41, 5.74) is 1.77. The van der Waals surface area contributed by atoms with E-state index in [1.165, 1.54) is 0 Å². The van der Waals surface area contributed by atoms with Crippen molar-refractivity contribution in [3.8, 4) is 11.8 Å². The summed E-state index contributed by atoms with van der Waals surface area (Å²) in [6.45, 7) is 6.44. The van der Waals surface area contributed by atoms with E-state index in [9.17, 15) is 15.0 Å². The van der Waals surface area contributed by atoms with Crippen LogP contribution in [0.5, 0.6) is 0 Å². The third-order valence-electron chi connectivity index (χ3n) is 8.09. The lowest BCUT2D eigenvalue weighted by molar-refractivity contribution is -0.143. The molecule has 0 bridgehead atoms. The average molecular weight is 496 g/mol. The summed E-state index contributed by atoms with van der Waals surface area (Å²) in [4.78, 5) is 14.1. The largest absolute Gasteiger partial charge is 0.481 e. The van der Waals surface area contributed by atoms with Gasteiger partial charge in [0.15, 0.2) is 0 Å². The van der Waals surface area contributed by atoms with Crippen LogP contribution < -0.4 is 0 Å². The maximum atomic E-state index is 12.0. The van der Waals surface area contributed by atoms with Gasteiger partial charge in [0.25, 0.3) is 0 Å². The second-order valence-corrected chi connectivity index (χ2v) is 10.2. The van der Waals surface area contributed by atoms with Crippen molar-refractivity contribution in [2.24, 2.45) is 5.92 Å². The van der Waals surface area contributed by atoms with Crippen molar-refractivity contribution in [2.75, 3.05) is 19.6 Å². The normalized spacial score (nSPS) is 16.4. The highest BCUT2D eigenvalue weighted by atomic mass is 16.4. The molecule has 0 spiro atoms. The Morgan fingerprint density at radius 1 is 0.892 bits per heavy atom. The summed E-state index contributed by atoms with van der Waals surface area (Å²) in [6.07, 6.45) is 3.16. The molecule has 4 heteroatoms. The molecule has 0 aromatic heterocycles. The molecular weight excluding hydrogens is 458 g/mol. The van der Waals surface area contributed by atoms with Crippen LogP contribution in [-0.2, 0) is 15.8 Å². The Morgan fingerprint density at radius 3 is 1.92 bits per heavy atom. The van der Waals surface area contributed by atoms with Gasteiger partial charge in [-0.2, -0.15) is 0 Å². The zero-order chi connectivity index (χ0) is 26.3. The Bertz CT molecular complexity index is 1180. The first kappa shape index (κ1) is 26.7. The molecule has 1 heterocycles. The van der Waals surface area contributed by atoms with E-state index < -0.39 is 17.0 Å². The number of rotatable bonds is 8. The molecule has 0 radical (unpaired) electrons. The number of nitrogens with zero attached hydrogens (tertiary/aromatic N) is 1. The van der Waals surface area contributed by atoms with Crippen molar-refractivity contribution in [1.82, 2.24) is 4.90 Å². The van der Waals surface area contributed by atoms with Crippen LogP contribution in [0.3, 0.4) is 0 Å². The van der Waals surface area contributed by atoms with Gasteiger partial charge in [-0.05, 0) is 74.0 Å². The number of aliphatic carboxylic acids is 1. The van der Waals surface area contributed by atoms with Gasteiger partial charge in [-0.3, -0.25) is 4.79 Å². The molecule has 0 aliphatic carbocycles. The van der Waals surface area contributed by atoms with E-state index in [0.717, 1.165) is 61.2 Å². The molecule has 3 aromatic rings. The van der Waals surface area contributed by atoms with Crippen LogP contribution in [0.4, 0.5) is 0 Å². The molecule has 4 nitrogen and oxygen atoms in total. The number of hydrogen-bond donors (Lipinski definition) is 2. The summed E-state index contributed by atoms with van der Waals surface area (Å²) >= 11 is 0. The predicted octanol–water partition coefficient (Wildman–Crippen LogP) is 5.83. The van der Waals surface area contributed by atoms with Gasteiger partial charge in [-0.25, -0.2) is 0 Å². The number of aliphatic hydroxyl groups is 1. The minimum absolute atomic E-state index is 0.151. The number of likely N-dealkylation sites (tertiary alicyclic amines) is 1. The van der Waals surface area contributed by atoms with Gasteiger partial charge in [0, 0.05) is 18.5 Å². The summed E-state index contributed by atoms with van der Waals surface area (Å²) in [6, 6.07) is 27.7. The minimum Gasteiger partial charge on any atom is -0.481 e. The standard InChI is InChI=1S/C33H37NO3/c1-3-32(2,31(35)36)27-19-17-26(18-20-27)12-10-11-23-34-24-21-30(22-25-34)33(37,28-13-6-4-7-14-28)29-15-8-5-9-16-29/h4-9,13-20,30,37H,3,11,21-25H2,1-2H3,(H,35,36). The second-order valence-electron chi connectivity index (χ2n) is 10.2. The Morgan fingerprint density at radius 2 is 1.43 bits per heavy atom. The van der Waals surface area contributed by atoms with Gasteiger partial charge < -0.3 is 15.1 Å². The third kappa shape index (κ3) is 5.80. The van der Waals surface area contributed by atoms with Crippen molar-refractivity contribution >= 4 is 5.97 Å². The van der Waals surface area contributed by atoms with Gasteiger partial charge in [0.05, 0.1) is 5.41 Å². The SMILES string of the molecule is CCC(C)(C(=O)O)c1ccc(C#CCCN2CCC(C(O)(c3ccccc3)c3ccccc3)CC2)cc1. The van der Waals surface area contributed by atoms with Gasteiger partial charge in [-0.15, -0.1) is 0 Å². The fourth-order valence-corrected chi connectivity index (χ4v) is 5.38. The van der Waals surface area contributed by atoms with Gasteiger partial charge in [0.2, 0.25) is 0 Å². The highest BCUT2D eigenvalue weighted by molar-refractivity contribution is 5.80. The van der Waals surface area contributed by atoms with Crippen LogP contribution >= 0.6 is 0 Å². The van der Waals surface area contributed by atoms with Crippen molar-refractivity contribution in [3.63, 3.8) is 0 Å². The molecule has 1 saturated heterocycles. The van der Waals surface area contributed by atoms with Gasteiger partial charge in [-0.1, -0.05) is 91.6 Å². The van der Waals surface area contributed by atoms with Gasteiger partial charge >= 0.3 is 5.97 Å². The monoisotopic (exact) mass is 495 g/mol. The average Bonchev–Trinajstić information content (AvgIpc) is 2.96. The lowest BCUT2D eigenvalue weighted by Gasteiger charge is -2.42. The first-order valence-electron chi connectivity index (χ1n) is 13.3. The van der Waals surface area contributed by atoms with E-state index in [2.05, 4.69) is 16.7 Å². The number of benzene rings is 3. The minimum atomic E-state index is -0.991. The molecule has 1 aliphatic rings. The smallest absolute Gasteiger partial charge is 0.313 e. The quantitative estimate of drug-likeness (QED) is 0.386. The molecule has 1 aliphatic heterocycles. The van der Waals surface area contributed by atoms with E-state index in [-0.39, 0.29) is 5.92 Å². The molecule has 0 amide bonds. The molecule has 1 fully saturated rings. The van der Waals surface area contributed by atoms with Crippen molar-refractivity contribution in [3.05, 3.63) is 107 Å². The first-order valence-corrected chi connectivity index (χ1v) is 13.3. The summed E-state index contributed by atoms with van der Waals surface area (Å²) in [5.74, 6) is 5.85. The van der Waals surface area contributed by atoms with E-state index in [1.54, 1.807) is 6.92 Å². The number of piperidine rings is 1. The molecule has 192 valence electrons. The van der Waals surface area contributed by atoms with Crippen molar-refractivity contribution < 1.29 is 15.0 Å². The van der Waals surface area contributed by atoms with Crippen LogP contribution in [0, 0.1) is 17.8 Å². The first-order chi connectivity index (χ1) is 17.9. The van der Waals surface area contributed by atoms with Crippen LogP contribution in [0.15, 0.2) is 84.9 Å². The number of carboxylic acid groups (broad SMARTS) is 1. The molecule has 37 heavy (non-hydrogen) atoms. The van der Waals surface area contributed by atoms with Crippen LogP contribution in [-0.4, -0.2) is 40.7 Å². The summed E-state index contributed by atoms with van der Waals surface area (Å²) in [5, 5.41) is 21.6. The number of carbonyl (C=O) groups is 1. The highest BCUT2D eigenvalue weighted by Gasteiger charge is 2.41. The molecule has 2 N–H and O–H groups in total. The van der Waals surface area contributed by atoms with E-state index in [1.807, 2.05) is 91.9 Å². The fraction of sp³-hybridized carbons (Fsp3) is 0.364. The molecule has 1 atom stereocenters. The molecule has 1 unspecified atom stereocenters. The fourth-order valence-electron chi connectivity index (χ4n) is 5.38. The van der Waals surface area contributed by atoms with Crippen LogP contribution in [0.2, 0.25) is 0 Å². The predicted molar refractivity (Wildman–Crippen MR) is 148 cm³/mol. The molecule has 4 rings (SSSR count). The maximum absolute atomic E-state index is 12.0. The molecule has 3 aromatic carbocycles. The van der Waals surface area contributed by atoms with Gasteiger partial charge in [0.1, 0.15) is 5.60 Å². The Kier molecular flexibility index (Phi) is 8.48. The number of hydrogen-bond acceptors (Lipinski definition) is 3. The van der Waals surface area contributed by atoms with Crippen molar-refractivity contribution in [1.29, 1.82) is 0 Å². The zero-order valence-corrected chi connectivity index (χ0v) is 21.9. The summed E-state index contributed by atoms with van der Waals surface area (Å²) < 4.78 is 0. The summed E-state index contributed by atoms with van der Waals surface area (Å²) in [7, 11) is 0. The van der Waals surface area contributed by atoms with Crippen LogP contribution in [0.1, 0.15) is 61.8 Å². The Balaban J connectivity index is 1.34. The number of carboxylic acids is 1. The molecule has 0 saturated carbocycles. The molecular formula is C33H37NO3. The van der Waals surface area contributed by atoms with E-state index >= 15 is 0 Å². The highest BCUT2D eigenvalue weighted by Crippen LogP contribution is 2.41. The lowest BCUT2D eigenvalue weighted by atomic mass is 9.72. The van der Waals surface area contributed by atoms with E-state index in [0.29, 0.717) is 6.42 Å². The van der Waals surface area contributed by atoms with E-state index in [4.69, 9.17) is 0 Å². The topological polar surface area (TPSA) is 60.8 Å². The lowest BCUT2D eigenvalue weighted by Crippen LogP contribution is -2.44.